The molecule has 0 saturated heterocycles. The Morgan fingerprint density at radius 1 is 1.09 bits per heavy atom. The van der Waals surface area contributed by atoms with Gasteiger partial charge in [0.05, 0.1) is 12.3 Å². The van der Waals surface area contributed by atoms with Gasteiger partial charge < -0.3 is 5.11 Å². The van der Waals surface area contributed by atoms with Gasteiger partial charge in [-0.25, -0.2) is 4.68 Å². The van der Waals surface area contributed by atoms with Crippen LogP contribution < -0.4 is 0 Å². The molecule has 0 unspecified atom stereocenters. The van der Waals surface area contributed by atoms with E-state index in [1.807, 2.05) is 0 Å². The van der Waals surface area contributed by atoms with Crippen LogP contribution in [-0.4, -0.2) is 20.1 Å². The van der Waals surface area contributed by atoms with Gasteiger partial charge in [-0.15, -0.1) is 5.10 Å². The fourth-order valence-electron chi connectivity index (χ4n) is 3.63. The van der Waals surface area contributed by atoms with Crippen LogP contribution >= 0.6 is 0 Å². The summed E-state index contributed by atoms with van der Waals surface area (Å²) in [7, 11) is 0. The number of rotatable bonds is 10. The highest BCUT2D eigenvalue weighted by atomic mass is 16.3. The van der Waals surface area contributed by atoms with Crippen molar-refractivity contribution in [2.75, 3.05) is 0 Å². The Morgan fingerprint density at radius 3 is 2.59 bits per heavy atom. The zero-order valence-corrected chi connectivity index (χ0v) is 14.3. The molecule has 0 spiro atoms. The van der Waals surface area contributed by atoms with Crippen molar-refractivity contribution in [1.82, 2.24) is 15.0 Å². The van der Waals surface area contributed by atoms with Gasteiger partial charge in [-0.3, -0.25) is 0 Å². The quantitative estimate of drug-likeness (QED) is 0.657. The van der Waals surface area contributed by atoms with E-state index in [9.17, 15) is 5.11 Å². The molecule has 1 aliphatic rings. The summed E-state index contributed by atoms with van der Waals surface area (Å²) in [5.74, 6) is 0.869. The van der Waals surface area contributed by atoms with Gasteiger partial charge in [-0.05, 0) is 25.2 Å². The van der Waals surface area contributed by atoms with Crippen LogP contribution in [-0.2, 0) is 19.6 Å². The molecule has 126 valence electrons. The number of aromatic nitrogens is 3. The van der Waals surface area contributed by atoms with Crippen LogP contribution in [0.2, 0.25) is 0 Å². The van der Waals surface area contributed by atoms with Crippen LogP contribution in [0.15, 0.2) is 0 Å². The van der Waals surface area contributed by atoms with Crippen LogP contribution in [0, 0.1) is 5.92 Å². The number of aliphatic hydroxyl groups excluding tert-OH is 1. The van der Waals surface area contributed by atoms with Crippen molar-refractivity contribution in [3.8, 4) is 0 Å². The topological polar surface area (TPSA) is 50.9 Å². The number of aryl methyl sites for hydroxylation is 1. The SMILES string of the molecule is CCCCCCCn1nnc(CO)c1CCC1CCCCC1. The van der Waals surface area contributed by atoms with Crippen molar-refractivity contribution in [2.45, 2.75) is 97.1 Å². The first kappa shape index (κ1) is 17.5. The molecular formula is C18H33N3O. The van der Waals surface area contributed by atoms with Crippen molar-refractivity contribution in [3.05, 3.63) is 11.4 Å². The second kappa shape index (κ2) is 9.98. The summed E-state index contributed by atoms with van der Waals surface area (Å²) in [4.78, 5) is 0. The van der Waals surface area contributed by atoms with Crippen molar-refractivity contribution < 1.29 is 5.11 Å². The molecule has 1 aliphatic carbocycles. The Balaban J connectivity index is 1.83. The molecule has 4 nitrogen and oxygen atoms in total. The van der Waals surface area contributed by atoms with Gasteiger partial charge in [-0.2, -0.15) is 0 Å². The van der Waals surface area contributed by atoms with Crippen LogP contribution in [0.25, 0.3) is 0 Å². The summed E-state index contributed by atoms with van der Waals surface area (Å²) in [6, 6.07) is 0. The van der Waals surface area contributed by atoms with Gasteiger partial charge in [0.2, 0.25) is 0 Å². The van der Waals surface area contributed by atoms with E-state index in [2.05, 4.69) is 21.9 Å². The Morgan fingerprint density at radius 2 is 1.86 bits per heavy atom. The number of hydrogen-bond acceptors (Lipinski definition) is 3. The van der Waals surface area contributed by atoms with Crippen LogP contribution in [0.3, 0.4) is 0 Å². The third-order valence-corrected chi connectivity index (χ3v) is 5.06. The summed E-state index contributed by atoms with van der Waals surface area (Å²) in [5, 5.41) is 17.9. The normalized spacial score (nSPS) is 16.3. The third kappa shape index (κ3) is 5.38. The minimum atomic E-state index is 0.0236. The maximum atomic E-state index is 9.49. The lowest BCUT2D eigenvalue weighted by atomic mass is 9.85. The Labute approximate surface area is 135 Å². The van der Waals surface area contributed by atoms with E-state index in [1.165, 1.54) is 76.3 Å². The van der Waals surface area contributed by atoms with Gasteiger partial charge >= 0.3 is 0 Å². The molecule has 1 aromatic rings. The highest BCUT2D eigenvalue weighted by molar-refractivity contribution is 5.09. The summed E-state index contributed by atoms with van der Waals surface area (Å²) in [6.07, 6.45) is 15.6. The molecular weight excluding hydrogens is 274 g/mol. The monoisotopic (exact) mass is 307 g/mol. The zero-order valence-electron chi connectivity index (χ0n) is 14.3. The van der Waals surface area contributed by atoms with Gasteiger partial charge in [-0.1, -0.05) is 69.9 Å². The van der Waals surface area contributed by atoms with Gasteiger partial charge in [0.25, 0.3) is 0 Å². The number of unbranched alkanes of at least 4 members (excludes halogenated alkanes) is 4. The molecule has 0 aromatic carbocycles. The smallest absolute Gasteiger partial charge is 0.111 e. The summed E-state index contributed by atoms with van der Waals surface area (Å²) >= 11 is 0. The first-order chi connectivity index (χ1) is 10.8. The molecule has 0 bridgehead atoms. The average molecular weight is 307 g/mol. The Kier molecular flexibility index (Phi) is 7.92. The molecule has 2 rings (SSSR count). The first-order valence-electron chi connectivity index (χ1n) is 9.37. The molecule has 1 N–H and O–H groups in total. The van der Waals surface area contributed by atoms with E-state index in [4.69, 9.17) is 0 Å². The van der Waals surface area contributed by atoms with Crippen LogP contribution in [0.1, 0.15) is 88.9 Å². The zero-order chi connectivity index (χ0) is 15.6. The summed E-state index contributed by atoms with van der Waals surface area (Å²) < 4.78 is 2.06. The van der Waals surface area contributed by atoms with E-state index < -0.39 is 0 Å². The molecule has 0 amide bonds. The molecule has 1 heterocycles. The van der Waals surface area contributed by atoms with Crippen LogP contribution in [0.5, 0.6) is 0 Å². The molecule has 4 heteroatoms. The van der Waals surface area contributed by atoms with Crippen molar-refractivity contribution in [3.63, 3.8) is 0 Å². The lowest BCUT2D eigenvalue weighted by molar-refractivity contribution is 0.274. The van der Waals surface area contributed by atoms with E-state index >= 15 is 0 Å². The van der Waals surface area contributed by atoms with Gasteiger partial charge in [0.15, 0.2) is 0 Å². The minimum Gasteiger partial charge on any atom is -0.390 e. The van der Waals surface area contributed by atoms with Crippen molar-refractivity contribution in [2.24, 2.45) is 5.92 Å². The highest BCUT2D eigenvalue weighted by Crippen LogP contribution is 2.27. The Bertz CT molecular complexity index is 410. The predicted molar refractivity (Wildman–Crippen MR) is 89.6 cm³/mol. The van der Waals surface area contributed by atoms with Crippen molar-refractivity contribution >= 4 is 0 Å². The fraction of sp³-hybridized carbons (Fsp3) is 0.889. The van der Waals surface area contributed by atoms with Crippen LogP contribution in [0.4, 0.5) is 0 Å². The number of nitrogens with zero attached hydrogens (tertiary/aromatic N) is 3. The molecule has 22 heavy (non-hydrogen) atoms. The summed E-state index contributed by atoms with van der Waals surface area (Å²) in [5.41, 5.74) is 1.98. The second-order valence-electron chi connectivity index (χ2n) is 6.82. The minimum absolute atomic E-state index is 0.0236. The average Bonchev–Trinajstić information content (AvgIpc) is 2.95. The molecule has 1 aromatic heterocycles. The lowest BCUT2D eigenvalue weighted by Crippen LogP contribution is -2.11. The second-order valence-corrected chi connectivity index (χ2v) is 6.82. The van der Waals surface area contributed by atoms with E-state index in [1.54, 1.807) is 0 Å². The van der Waals surface area contributed by atoms with E-state index in [0.29, 0.717) is 0 Å². The molecule has 1 saturated carbocycles. The molecule has 0 radical (unpaired) electrons. The van der Waals surface area contributed by atoms with Gasteiger partial charge in [0.1, 0.15) is 5.69 Å². The molecule has 0 atom stereocenters. The van der Waals surface area contributed by atoms with Gasteiger partial charge in [0, 0.05) is 6.54 Å². The number of aliphatic hydroxyl groups is 1. The standard InChI is InChI=1S/C18H33N3O/c1-2-3-4-5-9-14-21-18(17(15-22)19-20-21)13-12-16-10-7-6-8-11-16/h16,22H,2-15H2,1H3. The predicted octanol–water partition coefficient (Wildman–Crippen LogP) is 4.25. The lowest BCUT2D eigenvalue weighted by Gasteiger charge is -2.21. The first-order valence-corrected chi connectivity index (χ1v) is 9.37. The maximum absolute atomic E-state index is 9.49. The highest BCUT2D eigenvalue weighted by Gasteiger charge is 2.17. The summed E-state index contributed by atoms with van der Waals surface area (Å²) in [6.45, 7) is 3.22. The Hall–Kier alpha value is -0.900. The van der Waals surface area contributed by atoms with E-state index in [-0.39, 0.29) is 6.61 Å². The van der Waals surface area contributed by atoms with E-state index in [0.717, 1.165) is 24.6 Å². The largest absolute Gasteiger partial charge is 0.390 e. The molecule has 0 aliphatic heterocycles. The fourth-order valence-corrected chi connectivity index (χ4v) is 3.63. The third-order valence-electron chi connectivity index (χ3n) is 5.06. The molecule has 1 fully saturated rings. The number of hydrogen-bond donors (Lipinski definition) is 1. The maximum Gasteiger partial charge on any atom is 0.111 e. The van der Waals surface area contributed by atoms with Crippen molar-refractivity contribution in [1.29, 1.82) is 0 Å².